The molecule has 0 fully saturated rings. The molecule has 0 spiro atoms. The molecule has 5 heteroatoms. The van der Waals surface area contributed by atoms with Crippen molar-refractivity contribution in [3.8, 4) is 0 Å². The Kier molecular flexibility index (Phi) is 4.83. The third-order valence-corrected chi connectivity index (χ3v) is 3.94. The maximum atomic E-state index is 13.8. The molecule has 2 aromatic carbocycles. The summed E-state index contributed by atoms with van der Waals surface area (Å²) in [5.74, 6) is -3.76. The van der Waals surface area contributed by atoms with Gasteiger partial charge in [-0.1, -0.05) is 40.2 Å². The molecule has 1 N–H and O–H groups in total. The molecule has 0 amide bonds. The van der Waals surface area contributed by atoms with Crippen LogP contribution in [0, 0.1) is 17.5 Å². The van der Waals surface area contributed by atoms with Gasteiger partial charge >= 0.3 is 0 Å². The summed E-state index contributed by atoms with van der Waals surface area (Å²) in [7, 11) is 1.65. The molecule has 0 heterocycles. The quantitative estimate of drug-likeness (QED) is 0.813. The number of hydrogen-bond donors (Lipinski definition) is 1. The van der Waals surface area contributed by atoms with Gasteiger partial charge in [0.05, 0.1) is 0 Å². The van der Waals surface area contributed by atoms with Crippen molar-refractivity contribution in [2.24, 2.45) is 0 Å². The molecule has 1 nitrogen and oxygen atoms in total. The summed E-state index contributed by atoms with van der Waals surface area (Å²) in [6, 6.07) is 9.29. The molecule has 0 aromatic heterocycles. The predicted molar refractivity (Wildman–Crippen MR) is 76.0 cm³/mol. The van der Waals surface area contributed by atoms with E-state index < -0.39 is 23.5 Å². The van der Waals surface area contributed by atoms with Gasteiger partial charge in [0.2, 0.25) is 0 Å². The molecule has 0 radical (unpaired) electrons. The smallest absolute Gasteiger partial charge is 0.194 e. The van der Waals surface area contributed by atoms with E-state index >= 15 is 0 Å². The van der Waals surface area contributed by atoms with E-state index in [1.165, 1.54) is 6.07 Å². The largest absolute Gasteiger partial charge is 0.313 e. The van der Waals surface area contributed by atoms with E-state index in [1.807, 2.05) is 24.3 Å². The van der Waals surface area contributed by atoms with Gasteiger partial charge in [-0.3, -0.25) is 0 Å². The second kappa shape index (κ2) is 6.41. The zero-order chi connectivity index (χ0) is 14.7. The van der Waals surface area contributed by atoms with Crippen LogP contribution in [0.1, 0.15) is 17.2 Å². The lowest BCUT2D eigenvalue weighted by Crippen LogP contribution is -2.21. The fourth-order valence-electron chi connectivity index (χ4n) is 2.06. The molecular weight excluding hydrogens is 331 g/mol. The first-order valence-corrected chi connectivity index (χ1v) is 6.88. The summed E-state index contributed by atoms with van der Waals surface area (Å²) >= 11 is 3.42. The summed E-state index contributed by atoms with van der Waals surface area (Å²) in [6.07, 6.45) is 0.458. The van der Waals surface area contributed by atoms with Crippen LogP contribution in [0.2, 0.25) is 0 Å². The van der Waals surface area contributed by atoms with Crippen molar-refractivity contribution in [2.45, 2.75) is 12.5 Å². The number of hydrogen-bond acceptors (Lipinski definition) is 1. The maximum Gasteiger partial charge on any atom is 0.194 e. The standard InChI is InChI=1S/C15H13BrF3N/c1-20-13(8-9-4-2-3-5-11(9)16)10-6-7-12(17)15(19)14(10)18/h2-7,13,20H,8H2,1H3. The van der Waals surface area contributed by atoms with Crippen LogP contribution in [0.4, 0.5) is 13.2 Å². The van der Waals surface area contributed by atoms with Crippen LogP contribution >= 0.6 is 15.9 Å². The number of nitrogens with one attached hydrogen (secondary N) is 1. The van der Waals surface area contributed by atoms with Crippen molar-refractivity contribution in [2.75, 3.05) is 7.05 Å². The van der Waals surface area contributed by atoms with E-state index in [0.29, 0.717) is 6.42 Å². The van der Waals surface area contributed by atoms with Gasteiger partial charge in [0.25, 0.3) is 0 Å². The summed E-state index contributed by atoms with van der Waals surface area (Å²) in [4.78, 5) is 0. The monoisotopic (exact) mass is 343 g/mol. The van der Waals surface area contributed by atoms with E-state index in [1.54, 1.807) is 7.05 Å². The van der Waals surface area contributed by atoms with Crippen LogP contribution in [-0.2, 0) is 6.42 Å². The molecule has 0 aliphatic rings. The molecule has 2 rings (SSSR count). The lowest BCUT2D eigenvalue weighted by atomic mass is 9.98. The van der Waals surface area contributed by atoms with E-state index in [4.69, 9.17) is 0 Å². The molecule has 1 unspecified atom stereocenters. The van der Waals surface area contributed by atoms with Crippen LogP contribution in [0.25, 0.3) is 0 Å². The Hall–Kier alpha value is -1.33. The van der Waals surface area contributed by atoms with Crippen molar-refractivity contribution < 1.29 is 13.2 Å². The highest BCUT2D eigenvalue weighted by atomic mass is 79.9. The van der Waals surface area contributed by atoms with Crippen LogP contribution in [0.15, 0.2) is 40.9 Å². The molecule has 0 aliphatic carbocycles. The minimum atomic E-state index is -1.44. The zero-order valence-electron chi connectivity index (χ0n) is 10.8. The fourth-order valence-corrected chi connectivity index (χ4v) is 2.51. The molecule has 0 bridgehead atoms. The van der Waals surface area contributed by atoms with Gasteiger partial charge in [0.15, 0.2) is 17.5 Å². The molecule has 2 aromatic rings. The average Bonchev–Trinajstić information content (AvgIpc) is 2.45. The highest BCUT2D eigenvalue weighted by molar-refractivity contribution is 9.10. The van der Waals surface area contributed by atoms with Crippen molar-refractivity contribution in [1.29, 1.82) is 0 Å². The van der Waals surface area contributed by atoms with Crippen LogP contribution in [-0.4, -0.2) is 7.05 Å². The first-order valence-electron chi connectivity index (χ1n) is 6.08. The molecule has 20 heavy (non-hydrogen) atoms. The normalized spacial score (nSPS) is 12.4. The van der Waals surface area contributed by atoms with Crippen molar-refractivity contribution in [3.05, 3.63) is 69.4 Å². The van der Waals surface area contributed by atoms with Gasteiger partial charge in [0, 0.05) is 16.1 Å². The first-order chi connectivity index (χ1) is 9.54. The third-order valence-electron chi connectivity index (χ3n) is 3.17. The Morgan fingerprint density at radius 2 is 1.75 bits per heavy atom. The van der Waals surface area contributed by atoms with Crippen molar-refractivity contribution >= 4 is 15.9 Å². The summed E-state index contributed by atoms with van der Waals surface area (Å²) in [6.45, 7) is 0. The van der Waals surface area contributed by atoms with E-state index in [-0.39, 0.29) is 5.56 Å². The fraction of sp³-hybridized carbons (Fsp3) is 0.200. The highest BCUT2D eigenvalue weighted by Gasteiger charge is 2.20. The average molecular weight is 344 g/mol. The SMILES string of the molecule is CNC(Cc1ccccc1Br)c1ccc(F)c(F)c1F. The molecule has 0 aliphatic heterocycles. The Balaban J connectivity index is 2.34. The number of rotatable bonds is 4. The first kappa shape index (κ1) is 15.1. The Morgan fingerprint density at radius 1 is 1.05 bits per heavy atom. The zero-order valence-corrected chi connectivity index (χ0v) is 12.3. The predicted octanol–water partition coefficient (Wildman–Crippen LogP) is 4.37. The van der Waals surface area contributed by atoms with Crippen molar-refractivity contribution in [3.63, 3.8) is 0 Å². The van der Waals surface area contributed by atoms with Crippen LogP contribution in [0.5, 0.6) is 0 Å². The Morgan fingerprint density at radius 3 is 2.40 bits per heavy atom. The highest BCUT2D eigenvalue weighted by Crippen LogP contribution is 2.27. The van der Waals surface area contributed by atoms with Gasteiger partial charge < -0.3 is 5.32 Å². The Labute approximate surface area is 123 Å². The summed E-state index contributed by atoms with van der Waals surface area (Å²) < 4.78 is 41.0. The molecular formula is C15H13BrF3N. The van der Waals surface area contributed by atoms with Gasteiger partial charge in [-0.05, 0) is 31.2 Å². The summed E-state index contributed by atoms with van der Waals surface area (Å²) in [5.41, 5.74) is 1.07. The topological polar surface area (TPSA) is 12.0 Å². The molecule has 0 saturated heterocycles. The molecule has 106 valence electrons. The van der Waals surface area contributed by atoms with E-state index in [0.717, 1.165) is 16.1 Å². The maximum absolute atomic E-state index is 13.8. The summed E-state index contributed by atoms with van der Waals surface area (Å²) in [5, 5.41) is 2.93. The number of benzene rings is 2. The van der Waals surface area contributed by atoms with Crippen LogP contribution < -0.4 is 5.32 Å². The second-order valence-corrected chi connectivity index (χ2v) is 5.26. The number of halogens is 4. The minimum absolute atomic E-state index is 0.113. The van der Waals surface area contributed by atoms with E-state index in [2.05, 4.69) is 21.2 Å². The number of likely N-dealkylation sites (N-methyl/N-ethyl adjacent to an activating group) is 1. The lowest BCUT2D eigenvalue weighted by molar-refractivity contribution is 0.428. The third kappa shape index (κ3) is 3.04. The van der Waals surface area contributed by atoms with Gasteiger partial charge in [-0.2, -0.15) is 0 Å². The second-order valence-electron chi connectivity index (χ2n) is 4.40. The molecule has 1 atom stereocenters. The minimum Gasteiger partial charge on any atom is -0.313 e. The lowest BCUT2D eigenvalue weighted by Gasteiger charge is -2.18. The Bertz CT molecular complexity index is 616. The van der Waals surface area contributed by atoms with Crippen molar-refractivity contribution in [1.82, 2.24) is 5.32 Å². The van der Waals surface area contributed by atoms with Crippen LogP contribution in [0.3, 0.4) is 0 Å². The van der Waals surface area contributed by atoms with Gasteiger partial charge in [-0.25, -0.2) is 13.2 Å². The molecule has 0 saturated carbocycles. The van der Waals surface area contributed by atoms with Gasteiger partial charge in [-0.15, -0.1) is 0 Å². The van der Waals surface area contributed by atoms with E-state index in [9.17, 15) is 13.2 Å². The van der Waals surface area contributed by atoms with Gasteiger partial charge in [0.1, 0.15) is 0 Å².